The molecule has 1 amide bonds. The zero-order chi connectivity index (χ0) is 22.4. The summed E-state index contributed by atoms with van der Waals surface area (Å²) in [4.78, 5) is 13.7. The van der Waals surface area contributed by atoms with E-state index in [4.69, 9.17) is 0 Å². The van der Waals surface area contributed by atoms with E-state index in [9.17, 15) is 17.6 Å². The molecule has 8 heteroatoms. The van der Waals surface area contributed by atoms with Crippen molar-refractivity contribution in [3.63, 3.8) is 0 Å². The number of hydrogen-bond acceptors (Lipinski definition) is 4. The van der Waals surface area contributed by atoms with Crippen molar-refractivity contribution < 1.29 is 17.6 Å². The number of carbonyl (C=O) groups is 1. The van der Waals surface area contributed by atoms with Crippen molar-refractivity contribution in [3.05, 3.63) is 89.7 Å². The molecule has 0 spiro atoms. The van der Waals surface area contributed by atoms with Crippen LogP contribution in [0.3, 0.4) is 0 Å². The maximum absolute atomic E-state index is 14.0. The van der Waals surface area contributed by atoms with E-state index in [0.717, 1.165) is 26.9 Å². The number of amides is 1. The predicted molar refractivity (Wildman–Crippen MR) is 125 cm³/mol. The SMILES string of the molecule is CCSc1ccccc1NC(=O)c1ccc(N(Cc2ccccc2F)S(C)(=O)=O)cc1. The summed E-state index contributed by atoms with van der Waals surface area (Å²) >= 11 is 1.63. The number of nitrogens with one attached hydrogen (secondary N) is 1. The summed E-state index contributed by atoms with van der Waals surface area (Å²) in [7, 11) is -3.66. The summed E-state index contributed by atoms with van der Waals surface area (Å²) in [6.45, 7) is 1.90. The molecule has 0 aliphatic carbocycles. The maximum atomic E-state index is 14.0. The Hall–Kier alpha value is -2.84. The fourth-order valence-electron chi connectivity index (χ4n) is 3.01. The normalized spacial score (nSPS) is 11.2. The summed E-state index contributed by atoms with van der Waals surface area (Å²) in [6, 6.07) is 19.8. The Bertz CT molecular complexity index is 1170. The molecule has 0 radical (unpaired) electrons. The minimum Gasteiger partial charge on any atom is -0.321 e. The number of nitrogens with zero attached hydrogens (tertiary/aromatic N) is 1. The summed E-state index contributed by atoms with van der Waals surface area (Å²) in [5, 5.41) is 2.90. The number of sulfonamides is 1. The highest BCUT2D eigenvalue weighted by Gasteiger charge is 2.20. The predicted octanol–water partition coefficient (Wildman–Crippen LogP) is 5.16. The molecule has 3 rings (SSSR count). The molecular formula is C23H23FN2O3S2. The first kappa shape index (κ1) is 22.8. The number of para-hydroxylation sites is 1. The molecule has 0 unspecified atom stereocenters. The van der Waals surface area contributed by atoms with Crippen molar-refractivity contribution in [2.75, 3.05) is 21.6 Å². The molecular weight excluding hydrogens is 435 g/mol. The van der Waals surface area contributed by atoms with Crippen molar-refractivity contribution in [1.29, 1.82) is 0 Å². The Kier molecular flexibility index (Phi) is 7.35. The monoisotopic (exact) mass is 458 g/mol. The summed E-state index contributed by atoms with van der Waals surface area (Å²) < 4.78 is 39.8. The lowest BCUT2D eigenvalue weighted by Crippen LogP contribution is -2.29. The number of carbonyl (C=O) groups excluding carboxylic acids is 1. The fourth-order valence-corrected chi connectivity index (χ4v) is 4.64. The number of thioether (sulfide) groups is 1. The lowest BCUT2D eigenvalue weighted by molar-refractivity contribution is 0.102. The van der Waals surface area contributed by atoms with E-state index in [0.29, 0.717) is 11.3 Å². The average molecular weight is 459 g/mol. The molecule has 0 heterocycles. The molecule has 0 bridgehead atoms. The Morgan fingerprint density at radius 1 is 1.00 bits per heavy atom. The van der Waals surface area contributed by atoms with Crippen molar-refractivity contribution in [2.24, 2.45) is 0 Å². The summed E-state index contributed by atoms with van der Waals surface area (Å²) in [5.74, 6) is 0.108. The molecule has 3 aromatic carbocycles. The quantitative estimate of drug-likeness (QED) is 0.474. The van der Waals surface area contributed by atoms with Crippen LogP contribution in [0.1, 0.15) is 22.8 Å². The van der Waals surface area contributed by atoms with E-state index < -0.39 is 15.8 Å². The molecule has 0 aromatic heterocycles. The van der Waals surface area contributed by atoms with E-state index in [2.05, 4.69) is 5.32 Å². The van der Waals surface area contributed by atoms with Crippen LogP contribution in [0.2, 0.25) is 0 Å². The Balaban J connectivity index is 1.82. The summed E-state index contributed by atoms with van der Waals surface area (Å²) in [6.07, 6.45) is 1.07. The third kappa shape index (κ3) is 5.86. The zero-order valence-electron chi connectivity index (χ0n) is 17.2. The number of rotatable bonds is 8. The van der Waals surface area contributed by atoms with E-state index in [1.807, 2.05) is 31.2 Å². The van der Waals surface area contributed by atoms with Gasteiger partial charge in [0.25, 0.3) is 5.91 Å². The molecule has 31 heavy (non-hydrogen) atoms. The molecule has 0 aliphatic rings. The minimum absolute atomic E-state index is 0.140. The van der Waals surface area contributed by atoms with Crippen LogP contribution in [-0.2, 0) is 16.6 Å². The van der Waals surface area contributed by atoms with Crippen molar-refractivity contribution in [3.8, 4) is 0 Å². The fraction of sp³-hybridized carbons (Fsp3) is 0.174. The van der Waals surface area contributed by atoms with Gasteiger partial charge >= 0.3 is 0 Å². The molecule has 5 nitrogen and oxygen atoms in total. The summed E-state index contributed by atoms with van der Waals surface area (Å²) in [5.41, 5.74) is 1.73. The molecule has 1 N–H and O–H groups in total. The van der Waals surface area contributed by atoms with Crippen LogP contribution in [0.25, 0.3) is 0 Å². The van der Waals surface area contributed by atoms with Gasteiger partial charge in [0.15, 0.2) is 0 Å². The van der Waals surface area contributed by atoms with Gasteiger partial charge in [-0.05, 0) is 48.2 Å². The van der Waals surface area contributed by atoms with E-state index in [1.54, 1.807) is 54.2 Å². The first-order chi connectivity index (χ1) is 14.8. The van der Waals surface area contributed by atoms with Crippen molar-refractivity contribution >= 4 is 39.1 Å². The van der Waals surface area contributed by atoms with Crippen LogP contribution >= 0.6 is 11.8 Å². The lowest BCUT2D eigenvalue weighted by Gasteiger charge is -2.23. The van der Waals surface area contributed by atoms with Gasteiger partial charge in [0.1, 0.15) is 5.82 Å². The Morgan fingerprint density at radius 3 is 2.29 bits per heavy atom. The molecule has 0 saturated carbocycles. The first-order valence-electron chi connectivity index (χ1n) is 9.64. The highest BCUT2D eigenvalue weighted by atomic mass is 32.2. The van der Waals surface area contributed by atoms with Gasteiger partial charge in [-0.3, -0.25) is 9.10 Å². The van der Waals surface area contributed by atoms with Crippen molar-refractivity contribution in [2.45, 2.75) is 18.4 Å². The zero-order valence-corrected chi connectivity index (χ0v) is 18.8. The van der Waals surface area contributed by atoms with Gasteiger partial charge in [0.05, 0.1) is 24.2 Å². The first-order valence-corrected chi connectivity index (χ1v) is 12.5. The van der Waals surface area contributed by atoms with Gasteiger partial charge in [-0.1, -0.05) is 37.3 Å². The van der Waals surface area contributed by atoms with Crippen LogP contribution in [-0.4, -0.2) is 26.3 Å². The third-order valence-electron chi connectivity index (χ3n) is 4.52. The van der Waals surface area contributed by atoms with Crippen molar-refractivity contribution in [1.82, 2.24) is 0 Å². The Morgan fingerprint density at radius 2 is 1.65 bits per heavy atom. The number of halogens is 1. The molecule has 0 aliphatic heterocycles. The van der Waals surface area contributed by atoms with Gasteiger partial charge in [0.2, 0.25) is 10.0 Å². The van der Waals surface area contributed by atoms with E-state index in [1.165, 1.54) is 6.07 Å². The standard InChI is InChI=1S/C23H23FN2O3S2/c1-3-30-22-11-7-6-10-21(22)25-23(27)17-12-14-19(15-13-17)26(31(2,28)29)16-18-8-4-5-9-20(18)24/h4-15H,3,16H2,1-2H3,(H,25,27). The molecule has 0 saturated heterocycles. The van der Waals surface area contributed by atoms with E-state index >= 15 is 0 Å². The minimum atomic E-state index is -3.66. The number of hydrogen-bond donors (Lipinski definition) is 1. The van der Waals surface area contributed by atoms with Gasteiger partial charge in [-0.25, -0.2) is 12.8 Å². The van der Waals surface area contributed by atoms with Gasteiger partial charge in [-0.2, -0.15) is 0 Å². The second-order valence-electron chi connectivity index (χ2n) is 6.79. The maximum Gasteiger partial charge on any atom is 0.255 e. The smallest absolute Gasteiger partial charge is 0.255 e. The lowest BCUT2D eigenvalue weighted by atomic mass is 10.1. The molecule has 0 atom stereocenters. The number of anilines is 2. The Labute approximate surface area is 186 Å². The highest BCUT2D eigenvalue weighted by molar-refractivity contribution is 7.99. The molecule has 0 fully saturated rings. The largest absolute Gasteiger partial charge is 0.321 e. The van der Waals surface area contributed by atoms with Gasteiger partial charge < -0.3 is 5.32 Å². The van der Waals surface area contributed by atoms with Crippen LogP contribution in [0.5, 0.6) is 0 Å². The van der Waals surface area contributed by atoms with Crippen LogP contribution in [0, 0.1) is 5.82 Å². The van der Waals surface area contributed by atoms with Gasteiger partial charge in [-0.15, -0.1) is 11.8 Å². The average Bonchev–Trinajstić information content (AvgIpc) is 2.74. The molecule has 3 aromatic rings. The second-order valence-corrected chi connectivity index (χ2v) is 10.0. The number of benzene rings is 3. The van der Waals surface area contributed by atoms with Gasteiger partial charge in [0, 0.05) is 16.0 Å². The highest BCUT2D eigenvalue weighted by Crippen LogP contribution is 2.27. The topological polar surface area (TPSA) is 66.5 Å². The molecule has 162 valence electrons. The van der Waals surface area contributed by atoms with Crippen LogP contribution in [0.15, 0.2) is 77.7 Å². The van der Waals surface area contributed by atoms with Crippen LogP contribution in [0.4, 0.5) is 15.8 Å². The van der Waals surface area contributed by atoms with Crippen LogP contribution < -0.4 is 9.62 Å². The third-order valence-corrected chi connectivity index (χ3v) is 6.62. The second kappa shape index (κ2) is 9.98. The van der Waals surface area contributed by atoms with E-state index in [-0.39, 0.29) is 18.0 Å².